The second-order valence-electron chi connectivity index (χ2n) is 32.2. The summed E-state index contributed by atoms with van der Waals surface area (Å²) in [5.74, 6) is -10.4. The van der Waals surface area contributed by atoms with Gasteiger partial charge < -0.3 is 60.0 Å². The minimum Gasteiger partial charge on any atom is -0.343 e. The fourth-order valence-corrected chi connectivity index (χ4v) is 18.1. The van der Waals surface area contributed by atoms with E-state index in [1.54, 1.807) is 11.8 Å². The third kappa shape index (κ3) is 21.3. The van der Waals surface area contributed by atoms with Crippen molar-refractivity contribution in [2.24, 2.45) is 35.5 Å². The summed E-state index contributed by atoms with van der Waals surface area (Å²) in [5.41, 5.74) is -1.58. The van der Waals surface area contributed by atoms with Crippen LogP contribution in [0.25, 0.3) is 0 Å². The molecule has 12 amide bonds. The lowest BCUT2D eigenvalue weighted by molar-refractivity contribution is -0.182. The first-order valence-electron chi connectivity index (χ1n) is 39.2. The van der Waals surface area contributed by atoms with Gasteiger partial charge in [-0.25, -0.2) is 0 Å². The van der Waals surface area contributed by atoms with E-state index in [1.807, 2.05) is 27.7 Å². The molecule has 1 spiro atoms. The molecule has 24 nitrogen and oxygen atoms in total. The van der Waals surface area contributed by atoms with Gasteiger partial charge in [-0.3, -0.25) is 57.5 Å². The van der Waals surface area contributed by atoms with Gasteiger partial charge in [-0.05, 0) is 139 Å². The first-order valence-corrected chi connectivity index (χ1v) is 39.6. The van der Waals surface area contributed by atoms with E-state index in [1.165, 1.54) is 88.5 Å². The number of amides is 12. The number of nitrogens with one attached hydrogen (secondary N) is 3. The summed E-state index contributed by atoms with van der Waals surface area (Å²) in [5, 5.41) is 7.69. The third-order valence-corrected chi connectivity index (χ3v) is 24.8. The standard InChI is InChI=1S/C76H124ClF3N12O12/c1-13-27-56-67(97)83-75(37-22-23-38-75)74(104)90(12)65(52-30-20-16-21-31-52)73(103)89(11)60(71(101)91-39-24-17-25-40-91)45-62(94)86(8)58(42-48(3)4)66(96)82-64(49(5)14-2)72(102)85(7)47-63(95)92-41-26-32-57(92)70(100)88(10)59(44-50-28-18-15-19-29-50)69(99)84(6)46-61(93)81-55(68(98)87(56)9)36-34-51-33-35-53(54(77)43-51)76(78,79)80/h48-60,64-65H,13-47H2,1-12H3,(H,81,93)(H,82,96)(H,83,97)/t49-,51?,53?,54?,55-,56-,57-,58-,59-,60-,64-,65-/m0/s1. The summed E-state index contributed by atoms with van der Waals surface area (Å²) < 4.78 is 42.2. The Labute approximate surface area is 620 Å². The fraction of sp³-hybridized carbons (Fsp3) is 0.842. The SMILES string of the molecule is CCC[C@H]1C(=O)NC2(CCCC2)C(=O)N(C)[C@@H](C2CCCCC2)C(=O)N(C)[C@H](C(=O)N2CCCCC2)CC(=O)N(C)[C@@H](CC(C)C)C(=O)N[C@@H]([C@@H](C)CC)C(=O)N(C)CC(=O)N2CCC[C@H]2C(=O)N(C)[C@@H](CC2CCCCC2)C(=O)N(C)CC(=O)N[C@@H](CCC2CCC(C(F)(F)F)C(Cl)C2)C(=O)N1C. The van der Waals surface area contributed by atoms with Crippen molar-refractivity contribution >= 4 is 82.5 Å². The van der Waals surface area contributed by atoms with Crippen molar-refractivity contribution in [3.63, 3.8) is 0 Å². The van der Waals surface area contributed by atoms with Crippen LogP contribution in [-0.2, 0) is 57.5 Å². The van der Waals surface area contributed by atoms with E-state index in [0.717, 1.165) is 57.8 Å². The lowest BCUT2D eigenvalue weighted by Gasteiger charge is -2.43. The molecule has 7 rings (SSSR count). The van der Waals surface area contributed by atoms with E-state index < -0.39 is 174 Å². The van der Waals surface area contributed by atoms with E-state index in [-0.39, 0.29) is 94.9 Å². The minimum atomic E-state index is -4.51. The van der Waals surface area contributed by atoms with Crippen molar-refractivity contribution < 1.29 is 70.7 Å². The molecule has 3 N–H and O–H groups in total. The predicted molar refractivity (Wildman–Crippen MR) is 388 cm³/mol. The Hall–Kier alpha value is -6.28. The van der Waals surface area contributed by atoms with Gasteiger partial charge >= 0.3 is 6.18 Å². The maximum atomic E-state index is 15.9. The molecule has 12 atom stereocenters. The number of carbonyl (C=O) groups excluding carboxylic acids is 12. The number of alkyl halides is 4. The minimum absolute atomic E-state index is 0.00603. The summed E-state index contributed by atoms with van der Waals surface area (Å²) >= 11 is 6.44. The number of piperidine rings is 1. The number of likely N-dealkylation sites (tertiary alicyclic amines) is 1. The molecule has 3 aliphatic heterocycles. The maximum Gasteiger partial charge on any atom is 0.393 e. The second kappa shape index (κ2) is 38.5. The van der Waals surface area contributed by atoms with Crippen LogP contribution in [0, 0.1) is 35.5 Å². The first-order chi connectivity index (χ1) is 49.2. The molecule has 104 heavy (non-hydrogen) atoms. The highest BCUT2D eigenvalue weighted by Gasteiger charge is 2.52. The lowest BCUT2D eigenvalue weighted by Crippen LogP contribution is -2.65. The van der Waals surface area contributed by atoms with Crippen LogP contribution in [0.3, 0.4) is 0 Å². The van der Waals surface area contributed by atoms with Crippen LogP contribution in [-0.4, -0.2) is 262 Å². The van der Waals surface area contributed by atoms with Crippen LogP contribution in [0.5, 0.6) is 0 Å². The van der Waals surface area contributed by atoms with Crippen molar-refractivity contribution in [3.8, 4) is 0 Å². The van der Waals surface area contributed by atoms with E-state index in [2.05, 4.69) is 16.0 Å². The van der Waals surface area contributed by atoms with Crippen LogP contribution in [0.2, 0.25) is 0 Å². The average Bonchev–Trinajstić information content (AvgIpc) is 1.37. The number of likely N-dealkylation sites (N-methyl/N-ethyl adjacent to an activating group) is 7. The highest BCUT2D eigenvalue weighted by molar-refractivity contribution is 6.21. The summed E-state index contributed by atoms with van der Waals surface area (Å²) in [6, 6.07) is -9.68. The average molecular weight is 1490 g/mol. The highest BCUT2D eigenvalue weighted by Crippen LogP contribution is 2.44. The lowest BCUT2D eigenvalue weighted by atomic mass is 9.78. The van der Waals surface area contributed by atoms with Gasteiger partial charge in [0.05, 0.1) is 25.4 Å². The molecule has 4 saturated carbocycles. The molecular formula is C76H124ClF3N12O12. The Morgan fingerprint density at radius 1 is 0.567 bits per heavy atom. The molecule has 7 aliphatic rings. The van der Waals surface area contributed by atoms with E-state index in [4.69, 9.17) is 11.6 Å². The summed E-state index contributed by atoms with van der Waals surface area (Å²) in [6.45, 7) is 9.09. The number of rotatable bonds is 13. The van der Waals surface area contributed by atoms with Crippen molar-refractivity contribution in [2.75, 3.05) is 82.1 Å². The smallest absolute Gasteiger partial charge is 0.343 e. The number of hydrogen-bond acceptors (Lipinski definition) is 12. The van der Waals surface area contributed by atoms with Crippen molar-refractivity contribution in [1.29, 1.82) is 0 Å². The maximum absolute atomic E-state index is 15.9. The molecule has 0 radical (unpaired) electrons. The van der Waals surface area contributed by atoms with Gasteiger partial charge in [-0.1, -0.05) is 112 Å². The molecule has 3 saturated heterocycles. The second-order valence-corrected chi connectivity index (χ2v) is 32.8. The first kappa shape index (κ1) is 85.0. The topological polar surface area (TPSA) is 270 Å². The largest absolute Gasteiger partial charge is 0.393 e. The molecule has 588 valence electrons. The zero-order valence-electron chi connectivity index (χ0n) is 64.3. The van der Waals surface area contributed by atoms with Gasteiger partial charge in [0.15, 0.2) is 0 Å². The molecule has 0 aromatic heterocycles. The van der Waals surface area contributed by atoms with Gasteiger partial charge in [0.1, 0.15) is 53.9 Å². The Balaban J connectivity index is 1.30. The fourth-order valence-electron chi connectivity index (χ4n) is 17.6. The van der Waals surface area contributed by atoms with Crippen LogP contribution in [0.4, 0.5) is 13.2 Å². The number of carbonyl (C=O) groups is 12. The predicted octanol–water partition coefficient (Wildman–Crippen LogP) is 7.65. The molecule has 3 unspecified atom stereocenters. The van der Waals surface area contributed by atoms with Crippen LogP contribution < -0.4 is 16.0 Å². The Bertz CT molecular complexity index is 2990. The molecule has 0 bridgehead atoms. The van der Waals surface area contributed by atoms with E-state index >= 15 is 43.2 Å². The third-order valence-electron chi connectivity index (χ3n) is 24.3. The Morgan fingerprint density at radius 3 is 1.77 bits per heavy atom. The molecule has 28 heteroatoms. The number of nitrogens with zero attached hydrogens (tertiary/aromatic N) is 9. The Kier molecular flexibility index (Phi) is 31.5. The van der Waals surface area contributed by atoms with E-state index in [0.29, 0.717) is 70.9 Å². The number of fused-ring (bicyclic) bond motifs is 1. The van der Waals surface area contributed by atoms with E-state index in [9.17, 15) is 27.6 Å². The zero-order valence-corrected chi connectivity index (χ0v) is 65.1. The van der Waals surface area contributed by atoms with Crippen LogP contribution in [0.15, 0.2) is 0 Å². The molecule has 0 aromatic rings. The van der Waals surface area contributed by atoms with Crippen LogP contribution >= 0.6 is 11.6 Å². The van der Waals surface area contributed by atoms with Crippen LogP contribution in [0.1, 0.15) is 227 Å². The summed E-state index contributed by atoms with van der Waals surface area (Å²) in [7, 11) is 10.3. The summed E-state index contributed by atoms with van der Waals surface area (Å²) in [6.07, 6.45) is 8.47. The quantitative estimate of drug-likeness (QED) is 0.150. The highest BCUT2D eigenvalue weighted by atomic mass is 35.5. The van der Waals surface area contributed by atoms with Crippen molar-refractivity contribution in [2.45, 2.75) is 293 Å². The van der Waals surface area contributed by atoms with Gasteiger partial charge in [0.25, 0.3) is 0 Å². The normalized spacial score (nSPS) is 30.1. The molecule has 0 aromatic carbocycles. The van der Waals surface area contributed by atoms with Crippen molar-refractivity contribution in [3.05, 3.63) is 0 Å². The number of halogens is 4. The zero-order chi connectivity index (χ0) is 76.7. The van der Waals surface area contributed by atoms with Gasteiger partial charge in [0, 0.05) is 74.3 Å². The molecule has 7 fully saturated rings. The summed E-state index contributed by atoms with van der Waals surface area (Å²) in [4.78, 5) is 194. The number of hydrogen-bond donors (Lipinski definition) is 3. The molecule has 4 aliphatic carbocycles. The molecular weight excluding hydrogens is 1370 g/mol. The van der Waals surface area contributed by atoms with Gasteiger partial charge in [0.2, 0.25) is 70.9 Å². The monoisotopic (exact) mass is 1490 g/mol. The van der Waals surface area contributed by atoms with Crippen molar-refractivity contribution in [1.82, 2.24) is 60.0 Å². The van der Waals surface area contributed by atoms with Gasteiger partial charge in [-0.15, -0.1) is 11.6 Å². The molecule has 3 heterocycles. The van der Waals surface area contributed by atoms with Gasteiger partial charge in [-0.2, -0.15) is 13.2 Å². The Morgan fingerprint density at radius 2 is 1.17 bits per heavy atom.